The van der Waals surface area contributed by atoms with Gasteiger partial charge in [-0.15, -0.1) is 0 Å². The Morgan fingerprint density at radius 2 is 2.19 bits per heavy atom. The van der Waals surface area contributed by atoms with Crippen molar-refractivity contribution in [3.8, 4) is 0 Å². The van der Waals surface area contributed by atoms with Crippen LogP contribution in [0.4, 0.5) is 5.82 Å². The molecule has 2 aliphatic rings. The van der Waals surface area contributed by atoms with E-state index in [1.54, 1.807) is 6.33 Å². The van der Waals surface area contributed by atoms with Crippen LogP contribution in [0.1, 0.15) is 32.6 Å². The first-order chi connectivity index (χ1) is 12.5. The van der Waals surface area contributed by atoms with Gasteiger partial charge in [-0.05, 0) is 24.8 Å². The molecule has 7 nitrogen and oxygen atoms in total. The maximum absolute atomic E-state index is 12.9. The molecule has 1 saturated carbocycles. The molecule has 0 unspecified atom stereocenters. The number of hydrogen-bond acceptors (Lipinski definition) is 5. The molecule has 2 aromatic heterocycles. The molecule has 2 fully saturated rings. The topological polar surface area (TPSA) is 82.2 Å². The number of carbonyl (C=O) groups excluding carboxylic acids is 2. The van der Waals surface area contributed by atoms with Gasteiger partial charge >= 0.3 is 0 Å². The van der Waals surface area contributed by atoms with E-state index < -0.39 is 0 Å². The number of carbonyl (C=O) groups is 2. The van der Waals surface area contributed by atoms with Gasteiger partial charge in [-0.1, -0.05) is 6.92 Å². The Balaban J connectivity index is 1.54. The molecule has 0 bridgehead atoms. The van der Waals surface area contributed by atoms with Crippen molar-refractivity contribution >= 4 is 28.5 Å². The summed E-state index contributed by atoms with van der Waals surface area (Å²) in [7, 11) is 2.04. The highest BCUT2D eigenvalue weighted by molar-refractivity contribution is 5.90. The van der Waals surface area contributed by atoms with E-state index in [-0.39, 0.29) is 23.7 Å². The van der Waals surface area contributed by atoms with Gasteiger partial charge in [-0.2, -0.15) is 0 Å². The average Bonchev–Trinajstić information content (AvgIpc) is 3.29. The van der Waals surface area contributed by atoms with E-state index in [4.69, 9.17) is 0 Å². The fraction of sp³-hybridized carbons (Fsp3) is 0.579. The summed E-state index contributed by atoms with van der Waals surface area (Å²) in [6, 6.07) is 2.18. The molecule has 1 aliphatic heterocycles. The molecule has 1 amide bonds. The Bertz CT molecular complexity index is 832. The lowest BCUT2D eigenvalue weighted by molar-refractivity contribution is -0.137. The van der Waals surface area contributed by atoms with E-state index in [1.165, 1.54) is 0 Å². The van der Waals surface area contributed by atoms with E-state index in [0.717, 1.165) is 29.8 Å². The molecule has 26 heavy (non-hydrogen) atoms. The van der Waals surface area contributed by atoms with E-state index >= 15 is 0 Å². The summed E-state index contributed by atoms with van der Waals surface area (Å²) in [6.07, 6.45) is 6.08. The zero-order valence-corrected chi connectivity index (χ0v) is 15.3. The quantitative estimate of drug-likeness (QED) is 0.911. The molecule has 7 heteroatoms. The molecular weight excluding hydrogens is 330 g/mol. The van der Waals surface area contributed by atoms with E-state index in [2.05, 4.69) is 26.8 Å². The monoisotopic (exact) mass is 355 g/mol. The number of aromatic amines is 1. The lowest BCUT2D eigenvalue weighted by Gasteiger charge is -2.42. The maximum atomic E-state index is 12.9. The first-order valence-corrected chi connectivity index (χ1v) is 9.36. The molecule has 1 saturated heterocycles. The summed E-state index contributed by atoms with van der Waals surface area (Å²) < 4.78 is 0. The summed E-state index contributed by atoms with van der Waals surface area (Å²) in [6.45, 7) is 3.69. The van der Waals surface area contributed by atoms with Gasteiger partial charge in [0.05, 0.1) is 11.4 Å². The largest absolute Gasteiger partial charge is 0.354 e. The normalized spacial score (nSPS) is 26.5. The van der Waals surface area contributed by atoms with Crippen LogP contribution in [0.2, 0.25) is 0 Å². The van der Waals surface area contributed by atoms with Gasteiger partial charge in [0.2, 0.25) is 5.91 Å². The number of fused-ring (bicyclic) bond motifs is 1. The lowest BCUT2D eigenvalue weighted by atomic mass is 9.91. The molecule has 1 aliphatic carbocycles. The molecule has 0 aromatic carbocycles. The molecule has 4 rings (SSSR count). The van der Waals surface area contributed by atoms with Crippen LogP contribution in [0.15, 0.2) is 18.6 Å². The highest BCUT2D eigenvalue weighted by Gasteiger charge is 2.37. The van der Waals surface area contributed by atoms with Crippen molar-refractivity contribution in [2.45, 2.75) is 38.6 Å². The zero-order chi connectivity index (χ0) is 18.3. The van der Waals surface area contributed by atoms with Gasteiger partial charge in [-0.25, -0.2) is 9.97 Å². The van der Waals surface area contributed by atoms with Crippen LogP contribution in [-0.4, -0.2) is 57.7 Å². The maximum Gasteiger partial charge on any atom is 0.226 e. The third-order valence-electron chi connectivity index (χ3n) is 5.99. The van der Waals surface area contributed by atoms with E-state index in [1.807, 2.05) is 24.2 Å². The average molecular weight is 355 g/mol. The lowest BCUT2D eigenvalue weighted by Crippen LogP contribution is -2.53. The van der Waals surface area contributed by atoms with E-state index in [9.17, 15) is 9.59 Å². The minimum atomic E-state index is -0.114. The second-order valence-electron chi connectivity index (χ2n) is 7.64. The summed E-state index contributed by atoms with van der Waals surface area (Å²) in [5.74, 6) is 1.60. The number of amides is 1. The Hall–Kier alpha value is -2.44. The fourth-order valence-corrected chi connectivity index (χ4v) is 4.33. The summed E-state index contributed by atoms with van der Waals surface area (Å²) in [5.41, 5.74) is 0.822. The van der Waals surface area contributed by atoms with Gasteiger partial charge in [0.15, 0.2) is 0 Å². The number of nitrogens with zero attached hydrogens (tertiary/aromatic N) is 4. The summed E-state index contributed by atoms with van der Waals surface area (Å²) in [5, 5.41) is 0.993. The van der Waals surface area contributed by atoms with Gasteiger partial charge < -0.3 is 14.8 Å². The number of rotatable bonds is 3. The van der Waals surface area contributed by atoms with Crippen molar-refractivity contribution in [1.29, 1.82) is 0 Å². The Morgan fingerprint density at radius 3 is 2.96 bits per heavy atom. The molecule has 1 N–H and O–H groups in total. The number of likely N-dealkylation sites (tertiary alicyclic amines) is 1. The SMILES string of the molecule is C[C@@H]1CCN(C(=O)[C@H]2CCC(=O)C2)C[C@H]1N(C)c1ncnc2[nH]ccc12. The molecule has 3 heterocycles. The highest BCUT2D eigenvalue weighted by Crippen LogP contribution is 2.31. The summed E-state index contributed by atoms with van der Waals surface area (Å²) >= 11 is 0. The van der Waals surface area contributed by atoms with E-state index in [0.29, 0.717) is 31.7 Å². The number of H-pyrrole nitrogens is 1. The number of likely N-dealkylation sites (N-methyl/N-ethyl adjacent to an activating group) is 1. The second kappa shape index (κ2) is 6.70. The van der Waals surface area contributed by atoms with Crippen molar-refractivity contribution in [2.75, 3.05) is 25.0 Å². The number of anilines is 1. The molecule has 0 spiro atoms. The predicted octanol–water partition coefficient (Wildman–Crippen LogP) is 2.00. The van der Waals surface area contributed by atoms with Crippen LogP contribution < -0.4 is 4.90 Å². The van der Waals surface area contributed by atoms with Crippen molar-refractivity contribution in [3.63, 3.8) is 0 Å². The van der Waals surface area contributed by atoms with Crippen LogP contribution >= 0.6 is 0 Å². The first-order valence-electron chi connectivity index (χ1n) is 9.36. The first kappa shape index (κ1) is 17.0. The molecule has 3 atom stereocenters. The summed E-state index contributed by atoms with van der Waals surface area (Å²) in [4.78, 5) is 40.4. The third kappa shape index (κ3) is 2.95. The molecule has 2 aromatic rings. The smallest absolute Gasteiger partial charge is 0.226 e. The van der Waals surface area contributed by atoms with Crippen LogP contribution in [-0.2, 0) is 9.59 Å². The van der Waals surface area contributed by atoms with Crippen molar-refractivity contribution in [2.24, 2.45) is 11.8 Å². The van der Waals surface area contributed by atoms with Crippen LogP contribution in [0, 0.1) is 11.8 Å². The van der Waals surface area contributed by atoms with Crippen LogP contribution in [0.3, 0.4) is 0 Å². The van der Waals surface area contributed by atoms with Gasteiger partial charge in [-0.3, -0.25) is 9.59 Å². The number of nitrogens with one attached hydrogen (secondary N) is 1. The minimum Gasteiger partial charge on any atom is -0.354 e. The number of ketones is 1. The second-order valence-corrected chi connectivity index (χ2v) is 7.64. The Morgan fingerprint density at radius 1 is 1.35 bits per heavy atom. The standard InChI is InChI=1S/C19H25N5O2/c1-12-6-8-24(19(26)13-3-4-14(25)9-13)10-16(12)23(2)18-15-5-7-20-17(15)21-11-22-18/h5,7,11-13,16H,3-4,6,8-10H2,1-2H3,(H,20,21,22)/t12-,13+,16-/m1/s1. The molecule has 0 radical (unpaired) electrons. The zero-order valence-electron chi connectivity index (χ0n) is 15.3. The van der Waals surface area contributed by atoms with Crippen LogP contribution in [0.25, 0.3) is 11.0 Å². The van der Waals surface area contributed by atoms with Gasteiger partial charge in [0, 0.05) is 45.1 Å². The third-order valence-corrected chi connectivity index (χ3v) is 5.99. The molecule has 138 valence electrons. The van der Waals surface area contributed by atoms with Crippen molar-refractivity contribution in [1.82, 2.24) is 19.9 Å². The van der Waals surface area contributed by atoms with Gasteiger partial charge in [0.1, 0.15) is 23.6 Å². The number of piperidine rings is 1. The fourth-order valence-electron chi connectivity index (χ4n) is 4.33. The highest BCUT2D eigenvalue weighted by atomic mass is 16.2. The Kier molecular flexibility index (Phi) is 4.38. The number of hydrogen-bond donors (Lipinski definition) is 1. The minimum absolute atomic E-state index is 0.114. The number of aromatic nitrogens is 3. The van der Waals surface area contributed by atoms with Gasteiger partial charge in [0.25, 0.3) is 0 Å². The molecular formula is C19H25N5O2. The predicted molar refractivity (Wildman–Crippen MR) is 98.8 cm³/mol. The van der Waals surface area contributed by atoms with Crippen molar-refractivity contribution in [3.05, 3.63) is 18.6 Å². The Labute approximate surface area is 152 Å². The van der Waals surface area contributed by atoms with Crippen molar-refractivity contribution < 1.29 is 9.59 Å². The number of Topliss-reactive ketones (excluding diaryl/α,β-unsaturated/α-hetero) is 1. The van der Waals surface area contributed by atoms with Crippen LogP contribution in [0.5, 0.6) is 0 Å².